The minimum absolute atomic E-state index is 0.0652. The summed E-state index contributed by atoms with van der Waals surface area (Å²) in [6, 6.07) is 25.1. The molecule has 0 aliphatic carbocycles. The molecule has 0 heterocycles. The lowest BCUT2D eigenvalue weighted by Crippen LogP contribution is -2.54. The van der Waals surface area contributed by atoms with Gasteiger partial charge in [-0.15, -0.1) is 0 Å². The minimum atomic E-state index is -4.31. The predicted molar refractivity (Wildman–Crippen MR) is 192 cm³/mol. The van der Waals surface area contributed by atoms with E-state index in [-0.39, 0.29) is 29.6 Å². The molecule has 1 N–H and O–H groups in total. The van der Waals surface area contributed by atoms with Crippen LogP contribution in [0.4, 0.5) is 5.69 Å². The molecule has 0 aliphatic rings. The van der Waals surface area contributed by atoms with Crippen molar-refractivity contribution >= 4 is 62.3 Å². The zero-order valence-electron chi connectivity index (χ0n) is 26.9. The van der Waals surface area contributed by atoms with Gasteiger partial charge < -0.3 is 15.0 Å². The van der Waals surface area contributed by atoms with E-state index in [1.165, 1.54) is 29.2 Å². The lowest BCUT2D eigenvalue weighted by molar-refractivity contribution is -0.140. The number of halogens is 3. The summed E-state index contributed by atoms with van der Waals surface area (Å²) in [5.41, 5.74) is 1.46. The van der Waals surface area contributed by atoms with Gasteiger partial charge in [0.05, 0.1) is 17.2 Å². The molecule has 0 bridgehead atoms. The number of hydrogen-bond donors (Lipinski definition) is 1. The molecule has 0 aliphatic heterocycles. The first-order valence-electron chi connectivity index (χ1n) is 15.5. The number of nitrogens with one attached hydrogen (secondary N) is 1. The number of rotatable bonds is 15. The molecule has 4 rings (SSSR count). The van der Waals surface area contributed by atoms with Gasteiger partial charge in [0.15, 0.2) is 0 Å². The summed E-state index contributed by atoms with van der Waals surface area (Å²) in [5.74, 6) is -0.494. The Morgan fingerprint density at radius 3 is 2.04 bits per heavy atom. The fourth-order valence-corrected chi connectivity index (χ4v) is 7.04. The van der Waals surface area contributed by atoms with Crippen molar-refractivity contribution in [2.45, 2.75) is 57.1 Å². The summed E-state index contributed by atoms with van der Waals surface area (Å²) in [7, 11) is -4.31. The van der Waals surface area contributed by atoms with E-state index >= 15 is 0 Å². The number of anilines is 1. The molecule has 0 fully saturated rings. The van der Waals surface area contributed by atoms with Gasteiger partial charge in [-0.2, -0.15) is 0 Å². The van der Waals surface area contributed by atoms with Crippen LogP contribution in [-0.4, -0.2) is 50.4 Å². The highest BCUT2D eigenvalue weighted by Gasteiger charge is 2.35. The van der Waals surface area contributed by atoms with Crippen LogP contribution in [0.5, 0.6) is 5.75 Å². The van der Waals surface area contributed by atoms with Crippen molar-refractivity contribution in [3.05, 3.63) is 123 Å². The van der Waals surface area contributed by atoms with E-state index in [4.69, 9.17) is 39.5 Å². The summed E-state index contributed by atoms with van der Waals surface area (Å²) in [6.07, 6.45) is 0.822. The SMILES string of the molecule is CCOc1ccc(N(CC(=O)N(Cc2c(Cl)cccc2Cl)C(Cc2ccccc2)C(=O)NC(C)CC)S(=O)(=O)c2ccc(Cl)cc2)cc1. The average Bonchev–Trinajstić information content (AvgIpc) is 3.07. The molecule has 48 heavy (non-hydrogen) atoms. The molecule has 4 aromatic carbocycles. The third-order valence-corrected chi connectivity index (χ3v) is 10.5. The number of carbonyl (C=O) groups is 2. The molecule has 0 radical (unpaired) electrons. The van der Waals surface area contributed by atoms with E-state index in [9.17, 15) is 18.0 Å². The van der Waals surface area contributed by atoms with Crippen molar-refractivity contribution in [1.82, 2.24) is 10.2 Å². The van der Waals surface area contributed by atoms with Gasteiger partial charge in [-0.3, -0.25) is 13.9 Å². The molecule has 0 saturated heterocycles. The largest absolute Gasteiger partial charge is 0.494 e. The molecule has 4 aromatic rings. The van der Waals surface area contributed by atoms with Crippen LogP contribution in [0.3, 0.4) is 0 Å². The van der Waals surface area contributed by atoms with Crippen molar-refractivity contribution in [1.29, 1.82) is 0 Å². The Bertz CT molecular complexity index is 1770. The third kappa shape index (κ3) is 9.44. The zero-order chi connectivity index (χ0) is 34.8. The molecule has 0 spiro atoms. The number of carbonyl (C=O) groups excluding carboxylic acids is 2. The van der Waals surface area contributed by atoms with Crippen molar-refractivity contribution in [2.24, 2.45) is 0 Å². The summed E-state index contributed by atoms with van der Waals surface area (Å²) in [6.45, 7) is 5.29. The highest BCUT2D eigenvalue weighted by Crippen LogP contribution is 2.30. The fraction of sp³-hybridized carbons (Fsp3) is 0.278. The first kappa shape index (κ1) is 37.1. The molecule has 2 unspecified atom stereocenters. The molecule has 12 heteroatoms. The van der Waals surface area contributed by atoms with Crippen LogP contribution in [-0.2, 0) is 32.6 Å². The number of hydrogen-bond acceptors (Lipinski definition) is 5. The fourth-order valence-electron chi connectivity index (χ4n) is 4.99. The van der Waals surface area contributed by atoms with E-state index in [2.05, 4.69) is 5.32 Å². The maximum atomic E-state index is 14.7. The minimum Gasteiger partial charge on any atom is -0.494 e. The lowest BCUT2D eigenvalue weighted by Gasteiger charge is -2.34. The quantitative estimate of drug-likeness (QED) is 0.135. The summed E-state index contributed by atoms with van der Waals surface area (Å²) in [5, 5.41) is 3.97. The second-order valence-electron chi connectivity index (χ2n) is 11.1. The van der Waals surface area contributed by atoms with Crippen LogP contribution in [0.1, 0.15) is 38.3 Å². The van der Waals surface area contributed by atoms with Gasteiger partial charge in [-0.25, -0.2) is 8.42 Å². The summed E-state index contributed by atoms with van der Waals surface area (Å²) in [4.78, 5) is 29.9. The number of nitrogens with zero attached hydrogens (tertiary/aromatic N) is 2. The lowest BCUT2D eigenvalue weighted by atomic mass is 10.0. The van der Waals surface area contributed by atoms with Crippen LogP contribution in [0.25, 0.3) is 0 Å². The van der Waals surface area contributed by atoms with Crippen LogP contribution in [0.15, 0.2) is 102 Å². The van der Waals surface area contributed by atoms with Crippen LogP contribution in [0.2, 0.25) is 15.1 Å². The van der Waals surface area contributed by atoms with Crippen molar-refractivity contribution in [3.63, 3.8) is 0 Å². The van der Waals surface area contributed by atoms with Gasteiger partial charge in [-0.05, 0) is 86.5 Å². The number of sulfonamides is 1. The first-order valence-corrected chi connectivity index (χ1v) is 18.1. The van der Waals surface area contributed by atoms with Crippen LogP contribution in [0, 0.1) is 0 Å². The monoisotopic (exact) mass is 729 g/mol. The maximum Gasteiger partial charge on any atom is 0.264 e. The van der Waals surface area contributed by atoms with Gasteiger partial charge in [-0.1, -0.05) is 78.1 Å². The Hall–Kier alpha value is -3.76. The first-order chi connectivity index (χ1) is 22.9. The van der Waals surface area contributed by atoms with Gasteiger partial charge >= 0.3 is 0 Å². The molecule has 0 aromatic heterocycles. The highest BCUT2D eigenvalue weighted by molar-refractivity contribution is 7.92. The summed E-state index contributed by atoms with van der Waals surface area (Å²) >= 11 is 19.2. The van der Waals surface area contributed by atoms with E-state index < -0.39 is 34.4 Å². The molecule has 8 nitrogen and oxygen atoms in total. The Kier molecular flexibility index (Phi) is 13.2. The molecular formula is C36H38Cl3N3O5S. The van der Waals surface area contributed by atoms with Gasteiger partial charge in [0.25, 0.3) is 10.0 Å². The molecule has 2 amide bonds. The Balaban J connectivity index is 1.84. The molecule has 0 saturated carbocycles. The second-order valence-corrected chi connectivity index (χ2v) is 14.3. The van der Waals surface area contributed by atoms with Gasteiger partial charge in [0.2, 0.25) is 11.8 Å². The molecular weight excluding hydrogens is 693 g/mol. The standard InChI is InChI=1S/C36H38Cl3N3O5S/c1-4-25(3)40-36(44)34(22-26-10-7-6-8-11-26)41(23-31-32(38)12-9-13-33(31)39)35(43)24-42(28-16-18-29(19-17-28)47-5-2)48(45,46)30-20-14-27(37)15-21-30/h6-21,25,34H,4-5,22-24H2,1-3H3,(H,40,44). The Labute approximate surface area is 297 Å². The van der Waals surface area contributed by atoms with E-state index in [1.54, 1.807) is 42.5 Å². The van der Waals surface area contributed by atoms with E-state index in [0.717, 1.165) is 9.87 Å². The molecule has 254 valence electrons. The predicted octanol–water partition coefficient (Wildman–Crippen LogP) is 7.80. The second kappa shape index (κ2) is 17.1. The van der Waals surface area contributed by atoms with E-state index in [1.807, 2.05) is 51.1 Å². The van der Waals surface area contributed by atoms with E-state index in [0.29, 0.717) is 39.4 Å². The number of ether oxygens (including phenoxy) is 1. The third-order valence-electron chi connectivity index (χ3n) is 7.78. The smallest absolute Gasteiger partial charge is 0.264 e. The van der Waals surface area contributed by atoms with Crippen molar-refractivity contribution in [3.8, 4) is 5.75 Å². The topological polar surface area (TPSA) is 96.0 Å². The van der Waals surface area contributed by atoms with Gasteiger partial charge in [0, 0.05) is 39.6 Å². The summed E-state index contributed by atoms with van der Waals surface area (Å²) < 4.78 is 35.0. The highest BCUT2D eigenvalue weighted by atomic mass is 35.5. The Morgan fingerprint density at radius 1 is 0.833 bits per heavy atom. The van der Waals surface area contributed by atoms with Crippen molar-refractivity contribution < 1.29 is 22.7 Å². The van der Waals surface area contributed by atoms with Gasteiger partial charge in [0.1, 0.15) is 18.3 Å². The Morgan fingerprint density at radius 2 is 1.46 bits per heavy atom. The normalized spacial score (nSPS) is 12.5. The average molecular weight is 731 g/mol. The van der Waals surface area contributed by atoms with Crippen molar-refractivity contribution in [2.75, 3.05) is 17.5 Å². The number of amides is 2. The van der Waals surface area contributed by atoms with Crippen LogP contribution < -0.4 is 14.4 Å². The molecule has 2 atom stereocenters. The van der Waals surface area contributed by atoms with Crippen LogP contribution >= 0.6 is 34.8 Å². The zero-order valence-corrected chi connectivity index (χ0v) is 30.0. The number of benzene rings is 4. The maximum absolute atomic E-state index is 14.7.